The fourth-order valence-corrected chi connectivity index (χ4v) is 2.77. The van der Waals surface area contributed by atoms with Crippen molar-refractivity contribution in [2.24, 2.45) is 0 Å². The van der Waals surface area contributed by atoms with E-state index in [0.29, 0.717) is 43.1 Å². The van der Waals surface area contributed by atoms with Gasteiger partial charge in [0.25, 0.3) is 5.91 Å². The first-order valence-corrected chi connectivity index (χ1v) is 8.40. The first-order chi connectivity index (χ1) is 12.6. The van der Waals surface area contributed by atoms with Gasteiger partial charge in [-0.25, -0.2) is 4.79 Å². The molecule has 0 spiro atoms. The van der Waals surface area contributed by atoms with Gasteiger partial charge >= 0.3 is 5.69 Å². The predicted octanol–water partition coefficient (Wildman–Crippen LogP) is 1.43. The van der Waals surface area contributed by atoms with Gasteiger partial charge in [-0.2, -0.15) is 0 Å². The minimum atomic E-state index is -0.211. The monoisotopic (exact) mass is 355 g/mol. The third-order valence-corrected chi connectivity index (χ3v) is 4.05. The zero-order valence-electron chi connectivity index (χ0n) is 14.8. The van der Waals surface area contributed by atoms with Crippen LogP contribution >= 0.6 is 0 Å². The number of aromatic nitrogens is 4. The van der Waals surface area contributed by atoms with Crippen molar-refractivity contribution in [2.75, 3.05) is 20.3 Å². The van der Waals surface area contributed by atoms with Gasteiger partial charge in [0.05, 0.1) is 42.6 Å². The lowest BCUT2D eigenvalue weighted by molar-refractivity contribution is 0.0783. The topological polar surface area (TPSA) is 93.1 Å². The summed E-state index contributed by atoms with van der Waals surface area (Å²) in [4.78, 5) is 37.3. The molecule has 0 aliphatic rings. The number of carbonyl (C=O) groups excluding carboxylic acids is 1. The van der Waals surface area contributed by atoms with Crippen LogP contribution in [0.2, 0.25) is 0 Å². The molecule has 8 heteroatoms. The van der Waals surface area contributed by atoms with Crippen molar-refractivity contribution in [3.8, 4) is 0 Å². The van der Waals surface area contributed by atoms with E-state index < -0.39 is 0 Å². The summed E-state index contributed by atoms with van der Waals surface area (Å²) >= 11 is 0. The van der Waals surface area contributed by atoms with Crippen LogP contribution in [0.3, 0.4) is 0 Å². The fourth-order valence-electron chi connectivity index (χ4n) is 2.77. The maximum absolute atomic E-state index is 12.7. The summed E-state index contributed by atoms with van der Waals surface area (Å²) in [5.74, 6) is -0.152. The van der Waals surface area contributed by atoms with Crippen molar-refractivity contribution in [3.05, 3.63) is 58.5 Å². The molecule has 1 amide bonds. The minimum Gasteiger partial charge on any atom is -0.380 e. The van der Waals surface area contributed by atoms with E-state index >= 15 is 0 Å². The number of nitrogens with one attached hydrogen (secondary N) is 1. The Morgan fingerprint density at radius 3 is 2.92 bits per heavy atom. The minimum absolute atomic E-state index is 0.152. The zero-order chi connectivity index (χ0) is 18.5. The van der Waals surface area contributed by atoms with Gasteiger partial charge in [0.15, 0.2) is 0 Å². The lowest BCUT2D eigenvalue weighted by Gasteiger charge is -2.16. The Kier molecular flexibility index (Phi) is 5.43. The molecule has 136 valence electrons. The summed E-state index contributed by atoms with van der Waals surface area (Å²) in [7, 11) is 1.71. The molecular weight excluding hydrogens is 334 g/mol. The second kappa shape index (κ2) is 7.92. The summed E-state index contributed by atoms with van der Waals surface area (Å²) in [6.07, 6.45) is 4.81. The van der Waals surface area contributed by atoms with E-state index in [-0.39, 0.29) is 11.6 Å². The highest BCUT2D eigenvalue weighted by molar-refractivity contribution is 5.97. The molecule has 0 saturated carbocycles. The van der Waals surface area contributed by atoms with Gasteiger partial charge in [-0.3, -0.25) is 19.3 Å². The van der Waals surface area contributed by atoms with Crippen LogP contribution in [0.5, 0.6) is 0 Å². The third-order valence-electron chi connectivity index (χ3n) is 4.05. The molecule has 1 N–H and O–H groups in total. The van der Waals surface area contributed by atoms with Crippen LogP contribution in [0.1, 0.15) is 23.0 Å². The molecule has 26 heavy (non-hydrogen) atoms. The van der Waals surface area contributed by atoms with Gasteiger partial charge in [-0.05, 0) is 25.1 Å². The number of carbonyl (C=O) groups is 1. The van der Waals surface area contributed by atoms with Crippen LogP contribution < -0.4 is 5.69 Å². The standard InChI is InChI=1S/C18H21N5O3/c1-3-26-9-8-23-16-5-4-13(10-15(16)21-18(23)25)17(24)22(2)12-14-11-19-6-7-20-14/h4-7,10-11H,3,8-9,12H2,1-2H3,(H,21,25). The largest absolute Gasteiger partial charge is 0.380 e. The van der Waals surface area contributed by atoms with Crippen molar-refractivity contribution < 1.29 is 9.53 Å². The molecule has 0 saturated heterocycles. The van der Waals surface area contributed by atoms with Crippen molar-refractivity contribution in [1.82, 2.24) is 24.4 Å². The maximum atomic E-state index is 12.7. The highest BCUT2D eigenvalue weighted by Crippen LogP contribution is 2.15. The Morgan fingerprint density at radius 1 is 1.35 bits per heavy atom. The first kappa shape index (κ1) is 17.8. The molecule has 0 aliphatic heterocycles. The molecule has 2 heterocycles. The summed E-state index contributed by atoms with van der Waals surface area (Å²) in [6.45, 7) is 3.80. The second-order valence-corrected chi connectivity index (χ2v) is 5.87. The quantitative estimate of drug-likeness (QED) is 0.647. The fraction of sp³-hybridized carbons (Fsp3) is 0.333. The zero-order valence-corrected chi connectivity index (χ0v) is 14.8. The second-order valence-electron chi connectivity index (χ2n) is 5.87. The Balaban J connectivity index is 1.80. The van der Waals surface area contributed by atoms with Gasteiger partial charge in [-0.15, -0.1) is 0 Å². The number of rotatable bonds is 7. The normalized spacial score (nSPS) is 11.0. The molecule has 1 aromatic carbocycles. The van der Waals surface area contributed by atoms with Gasteiger partial charge in [0, 0.05) is 31.6 Å². The molecule has 3 rings (SSSR count). The van der Waals surface area contributed by atoms with E-state index in [1.165, 1.54) is 0 Å². The Bertz CT molecular complexity index is 948. The number of nitrogens with zero attached hydrogens (tertiary/aromatic N) is 4. The number of ether oxygens (including phenoxy) is 1. The molecule has 0 radical (unpaired) electrons. The average Bonchev–Trinajstić information content (AvgIpc) is 2.96. The lowest BCUT2D eigenvalue weighted by Crippen LogP contribution is -2.26. The molecular formula is C18H21N5O3. The molecule has 0 bridgehead atoms. The van der Waals surface area contributed by atoms with Crippen molar-refractivity contribution in [3.63, 3.8) is 0 Å². The molecule has 0 atom stereocenters. The molecule has 0 fully saturated rings. The maximum Gasteiger partial charge on any atom is 0.326 e. The van der Waals surface area contributed by atoms with Crippen LogP contribution in [-0.4, -0.2) is 50.6 Å². The molecule has 0 unspecified atom stereocenters. The summed E-state index contributed by atoms with van der Waals surface area (Å²) in [5.41, 5.74) is 2.38. The third kappa shape index (κ3) is 3.80. The van der Waals surface area contributed by atoms with E-state index in [2.05, 4.69) is 15.0 Å². The molecule has 3 aromatic rings. The number of hydrogen-bond donors (Lipinski definition) is 1. The van der Waals surface area contributed by atoms with Crippen LogP contribution in [0.15, 0.2) is 41.6 Å². The predicted molar refractivity (Wildman–Crippen MR) is 96.9 cm³/mol. The number of hydrogen-bond acceptors (Lipinski definition) is 5. The number of imidazole rings is 1. The number of aromatic amines is 1. The SMILES string of the molecule is CCOCCn1c(=O)[nH]c2cc(C(=O)N(C)Cc3cnccn3)ccc21. The van der Waals surface area contributed by atoms with E-state index in [9.17, 15) is 9.59 Å². The highest BCUT2D eigenvalue weighted by Gasteiger charge is 2.15. The van der Waals surface area contributed by atoms with E-state index in [4.69, 9.17) is 4.74 Å². The summed E-state index contributed by atoms with van der Waals surface area (Å²) in [6, 6.07) is 5.20. The van der Waals surface area contributed by atoms with Crippen LogP contribution in [0, 0.1) is 0 Å². The van der Waals surface area contributed by atoms with Gasteiger partial charge in [0.1, 0.15) is 0 Å². The van der Waals surface area contributed by atoms with E-state index in [0.717, 1.165) is 5.52 Å². The molecule has 0 aliphatic carbocycles. The lowest BCUT2D eigenvalue weighted by atomic mass is 10.1. The van der Waals surface area contributed by atoms with Gasteiger partial charge in [0.2, 0.25) is 0 Å². The van der Waals surface area contributed by atoms with Crippen LogP contribution in [0.4, 0.5) is 0 Å². The van der Waals surface area contributed by atoms with Gasteiger partial charge < -0.3 is 14.6 Å². The van der Waals surface area contributed by atoms with Gasteiger partial charge in [-0.1, -0.05) is 0 Å². The van der Waals surface area contributed by atoms with Crippen molar-refractivity contribution in [2.45, 2.75) is 20.0 Å². The van der Waals surface area contributed by atoms with E-state index in [1.807, 2.05) is 6.92 Å². The summed E-state index contributed by atoms with van der Waals surface area (Å²) < 4.78 is 6.93. The number of H-pyrrole nitrogens is 1. The Morgan fingerprint density at radius 2 is 2.19 bits per heavy atom. The van der Waals surface area contributed by atoms with Crippen molar-refractivity contribution in [1.29, 1.82) is 0 Å². The average molecular weight is 355 g/mol. The number of fused-ring (bicyclic) bond motifs is 1. The van der Waals surface area contributed by atoms with E-state index in [1.54, 1.807) is 53.3 Å². The Labute approximate surface area is 150 Å². The Hall–Kier alpha value is -3.00. The van der Waals surface area contributed by atoms with Crippen LogP contribution in [0.25, 0.3) is 11.0 Å². The number of amides is 1. The molecule has 2 aromatic heterocycles. The first-order valence-electron chi connectivity index (χ1n) is 8.40. The number of benzene rings is 1. The smallest absolute Gasteiger partial charge is 0.326 e. The molecule has 8 nitrogen and oxygen atoms in total. The summed E-state index contributed by atoms with van der Waals surface area (Å²) in [5, 5.41) is 0. The highest BCUT2D eigenvalue weighted by atomic mass is 16.5. The van der Waals surface area contributed by atoms with Crippen LogP contribution in [-0.2, 0) is 17.8 Å². The van der Waals surface area contributed by atoms with Crippen molar-refractivity contribution >= 4 is 16.9 Å².